The summed E-state index contributed by atoms with van der Waals surface area (Å²) in [4.78, 5) is 29.6. The molecule has 6 nitrogen and oxygen atoms in total. The van der Waals surface area contributed by atoms with Crippen LogP contribution in [0.1, 0.15) is 36.0 Å². The second kappa shape index (κ2) is 6.78. The maximum Gasteiger partial charge on any atom is 0.255 e. The van der Waals surface area contributed by atoms with E-state index in [1.807, 2.05) is 23.1 Å². The van der Waals surface area contributed by atoms with Crippen LogP contribution in [0.15, 0.2) is 43.0 Å². The lowest BCUT2D eigenvalue weighted by atomic mass is 9.71. The smallest absolute Gasteiger partial charge is 0.255 e. The van der Waals surface area contributed by atoms with Gasteiger partial charge in [-0.15, -0.1) is 0 Å². The van der Waals surface area contributed by atoms with Crippen molar-refractivity contribution < 1.29 is 4.79 Å². The Morgan fingerprint density at radius 2 is 1.60 bits per heavy atom. The molecule has 2 aromatic heterocycles. The predicted octanol–water partition coefficient (Wildman–Crippen LogP) is 2.39. The van der Waals surface area contributed by atoms with E-state index in [1.54, 1.807) is 24.8 Å². The second-order valence-corrected chi connectivity index (χ2v) is 7.07. The Balaban J connectivity index is 1.34. The standard InChI is InChI=1S/C19H23N5O/c25-17(16-3-1-8-20-15-16)23-11-4-19(5-12-23)6-13-24(14-7-19)18-21-9-2-10-22-18/h1-3,8-10,15H,4-7,11-14H2. The molecule has 0 atom stereocenters. The van der Waals surface area contributed by atoms with Crippen molar-refractivity contribution in [3.05, 3.63) is 48.5 Å². The average molecular weight is 337 g/mol. The van der Waals surface area contributed by atoms with Gasteiger partial charge in [0.2, 0.25) is 5.95 Å². The number of aromatic nitrogens is 3. The maximum absolute atomic E-state index is 12.6. The van der Waals surface area contributed by atoms with Gasteiger partial charge in [-0.1, -0.05) is 0 Å². The van der Waals surface area contributed by atoms with Crippen LogP contribution in [-0.4, -0.2) is 51.9 Å². The first-order chi connectivity index (χ1) is 12.3. The monoisotopic (exact) mass is 337 g/mol. The van der Waals surface area contributed by atoms with Gasteiger partial charge in [0, 0.05) is 51.0 Å². The van der Waals surface area contributed by atoms with E-state index < -0.39 is 0 Å². The molecule has 1 spiro atoms. The minimum absolute atomic E-state index is 0.109. The summed E-state index contributed by atoms with van der Waals surface area (Å²) in [6.07, 6.45) is 11.4. The zero-order chi connectivity index (χ0) is 17.1. The highest BCUT2D eigenvalue weighted by atomic mass is 16.2. The molecular weight excluding hydrogens is 314 g/mol. The third-order valence-corrected chi connectivity index (χ3v) is 5.68. The van der Waals surface area contributed by atoms with Gasteiger partial charge in [0.05, 0.1) is 5.56 Å². The summed E-state index contributed by atoms with van der Waals surface area (Å²) in [6.45, 7) is 3.69. The normalized spacial score (nSPS) is 19.8. The zero-order valence-corrected chi connectivity index (χ0v) is 14.3. The number of pyridine rings is 1. The molecule has 0 radical (unpaired) electrons. The Morgan fingerprint density at radius 1 is 0.920 bits per heavy atom. The van der Waals surface area contributed by atoms with Crippen LogP contribution in [0.25, 0.3) is 0 Å². The molecule has 0 aromatic carbocycles. The van der Waals surface area contributed by atoms with E-state index in [0.717, 1.165) is 57.8 Å². The van der Waals surface area contributed by atoms with E-state index >= 15 is 0 Å². The van der Waals surface area contributed by atoms with E-state index in [1.165, 1.54) is 0 Å². The minimum atomic E-state index is 0.109. The fourth-order valence-electron chi connectivity index (χ4n) is 3.99. The van der Waals surface area contributed by atoms with Gasteiger partial charge < -0.3 is 9.80 Å². The van der Waals surface area contributed by atoms with Crippen LogP contribution in [-0.2, 0) is 0 Å². The first-order valence-electron chi connectivity index (χ1n) is 8.97. The molecule has 0 N–H and O–H groups in total. The van der Waals surface area contributed by atoms with Crippen molar-refractivity contribution in [2.24, 2.45) is 5.41 Å². The lowest BCUT2D eigenvalue weighted by molar-refractivity contribution is 0.0514. The summed E-state index contributed by atoms with van der Waals surface area (Å²) in [5, 5.41) is 0. The number of carbonyl (C=O) groups excluding carboxylic acids is 1. The topological polar surface area (TPSA) is 62.2 Å². The Morgan fingerprint density at radius 3 is 2.24 bits per heavy atom. The second-order valence-electron chi connectivity index (χ2n) is 7.07. The van der Waals surface area contributed by atoms with Crippen molar-refractivity contribution in [1.82, 2.24) is 19.9 Å². The maximum atomic E-state index is 12.6. The molecule has 2 aromatic rings. The van der Waals surface area contributed by atoms with E-state index in [-0.39, 0.29) is 5.91 Å². The van der Waals surface area contributed by atoms with Crippen LogP contribution in [0.3, 0.4) is 0 Å². The fourth-order valence-corrected chi connectivity index (χ4v) is 3.99. The third-order valence-electron chi connectivity index (χ3n) is 5.68. The van der Waals surface area contributed by atoms with Crippen LogP contribution < -0.4 is 4.90 Å². The molecule has 4 rings (SSSR count). The lowest BCUT2D eigenvalue weighted by Gasteiger charge is -2.46. The highest BCUT2D eigenvalue weighted by Crippen LogP contribution is 2.41. The summed E-state index contributed by atoms with van der Waals surface area (Å²) >= 11 is 0. The van der Waals surface area contributed by atoms with Crippen molar-refractivity contribution in [1.29, 1.82) is 0 Å². The summed E-state index contributed by atoms with van der Waals surface area (Å²) in [6, 6.07) is 5.52. The molecule has 0 bridgehead atoms. The van der Waals surface area contributed by atoms with E-state index in [9.17, 15) is 4.79 Å². The molecule has 4 heterocycles. The molecule has 0 unspecified atom stereocenters. The number of piperidine rings is 2. The molecule has 2 aliphatic heterocycles. The molecule has 130 valence electrons. The minimum Gasteiger partial charge on any atom is -0.341 e. The molecule has 2 fully saturated rings. The van der Waals surface area contributed by atoms with Gasteiger partial charge in [0.1, 0.15) is 0 Å². The summed E-state index contributed by atoms with van der Waals surface area (Å²) < 4.78 is 0. The van der Waals surface area contributed by atoms with Crippen molar-refractivity contribution >= 4 is 11.9 Å². The predicted molar refractivity (Wildman–Crippen MR) is 95.3 cm³/mol. The average Bonchev–Trinajstić information content (AvgIpc) is 2.70. The zero-order valence-electron chi connectivity index (χ0n) is 14.3. The van der Waals surface area contributed by atoms with Gasteiger partial charge in [-0.3, -0.25) is 9.78 Å². The van der Waals surface area contributed by atoms with Gasteiger partial charge in [-0.2, -0.15) is 0 Å². The van der Waals surface area contributed by atoms with E-state index in [2.05, 4.69) is 19.9 Å². The first-order valence-corrected chi connectivity index (χ1v) is 8.97. The molecule has 6 heteroatoms. The van der Waals surface area contributed by atoms with Gasteiger partial charge in [0.25, 0.3) is 5.91 Å². The van der Waals surface area contributed by atoms with Gasteiger partial charge in [0.15, 0.2) is 0 Å². The van der Waals surface area contributed by atoms with Gasteiger partial charge in [-0.25, -0.2) is 9.97 Å². The lowest BCUT2D eigenvalue weighted by Crippen LogP contribution is -2.48. The first kappa shape index (κ1) is 16.0. The molecule has 25 heavy (non-hydrogen) atoms. The van der Waals surface area contributed by atoms with Gasteiger partial charge in [-0.05, 0) is 49.3 Å². The van der Waals surface area contributed by atoms with Crippen LogP contribution in [0.4, 0.5) is 5.95 Å². The van der Waals surface area contributed by atoms with Crippen molar-refractivity contribution in [3.8, 4) is 0 Å². The van der Waals surface area contributed by atoms with E-state index in [0.29, 0.717) is 11.0 Å². The van der Waals surface area contributed by atoms with Crippen LogP contribution in [0, 0.1) is 5.41 Å². The number of carbonyl (C=O) groups is 1. The number of likely N-dealkylation sites (tertiary alicyclic amines) is 1. The van der Waals surface area contributed by atoms with Crippen molar-refractivity contribution in [3.63, 3.8) is 0 Å². The number of amides is 1. The number of anilines is 1. The quantitative estimate of drug-likeness (QED) is 0.842. The number of hydrogen-bond acceptors (Lipinski definition) is 5. The Bertz CT molecular complexity index is 703. The highest BCUT2D eigenvalue weighted by Gasteiger charge is 2.39. The number of rotatable bonds is 2. The Kier molecular flexibility index (Phi) is 4.34. The summed E-state index contributed by atoms with van der Waals surface area (Å²) in [5.41, 5.74) is 1.06. The number of hydrogen-bond donors (Lipinski definition) is 0. The van der Waals surface area contributed by atoms with Gasteiger partial charge >= 0.3 is 0 Å². The number of nitrogens with zero attached hydrogens (tertiary/aromatic N) is 5. The molecular formula is C19H23N5O. The largest absolute Gasteiger partial charge is 0.341 e. The summed E-state index contributed by atoms with van der Waals surface area (Å²) in [7, 11) is 0. The third kappa shape index (κ3) is 3.34. The van der Waals surface area contributed by atoms with Crippen LogP contribution in [0.2, 0.25) is 0 Å². The van der Waals surface area contributed by atoms with Crippen molar-refractivity contribution in [2.75, 3.05) is 31.1 Å². The van der Waals surface area contributed by atoms with E-state index in [4.69, 9.17) is 0 Å². The van der Waals surface area contributed by atoms with Crippen LogP contribution in [0.5, 0.6) is 0 Å². The summed E-state index contributed by atoms with van der Waals surface area (Å²) in [5.74, 6) is 0.944. The Hall–Kier alpha value is -2.50. The molecule has 2 aliphatic rings. The highest BCUT2D eigenvalue weighted by molar-refractivity contribution is 5.93. The van der Waals surface area contributed by atoms with Crippen molar-refractivity contribution in [2.45, 2.75) is 25.7 Å². The molecule has 0 aliphatic carbocycles. The Labute approximate surface area is 147 Å². The fraction of sp³-hybridized carbons (Fsp3) is 0.474. The SMILES string of the molecule is O=C(c1cccnc1)N1CCC2(CC1)CCN(c1ncccn1)CC2. The molecule has 0 saturated carbocycles. The van der Waals surface area contributed by atoms with Crippen LogP contribution >= 0.6 is 0 Å². The molecule has 2 saturated heterocycles. The molecule has 1 amide bonds.